The van der Waals surface area contributed by atoms with E-state index in [1.54, 1.807) is 6.20 Å². The fourth-order valence-electron chi connectivity index (χ4n) is 1.68. The monoisotopic (exact) mass is 207 g/mol. The quantitative estimate of drug-likeness (QED) is 0.586. The number of aliphatic imine (C=N–C) groups is 1. The zero-order chi connectivity index (χ0) is 12.3. The van der Waals surface area contributed by atoms with Crippen LogP contribution in [0, 0.1) is 10.8 Å². The largest absolute Gasteiger partial charge is 0.261 e. The minimum atomic E-state index is 0.0588. The fourth-order valence-corrected chi connectivity index (χ4v) is 1.68. The molecular formula is C14H25N. The van der Waals surface area contributed by atoms with Crippen LogP contribution in [0.5, 0.6) is 0 Å². The van der Waals surface area contributed by atoms with Gasteiger partial charge in [-0.3, -0.25) is 4.99 Å². The van der Waals surface area contributed by atoms with Crippen LogP contribution in [-0.4, -0.2) is 5.71 Å². The molecule has 0 aliphatic heterocycles. The summed E-state index contributed by atoms with van der Waals surface area (Å²) in [6.45, 7) is 19.0. The average molecular weight is 207 g/mol. The van der Waals surface area contributed by atoms with Gasteiger partial charge in [0.15, 0.2) is 0 Å². The molecule has 0 N–H and O–H groups in total. The Hall–Kier alpha value is -0.850. The molecule has 1 nitrogen and oxygen atoms in total. The molecule has 15 heavy (non-hydrogen) atoms. The third kappa shape index (κ3) is 4.03. The Bertz CT molecular complexity index is 279. The molecule has 1 heteroatoms. The molecule has 0 saturated carbocycles. The highest BCUT2D eigenvalue weighted by atomic mass is 14.7. The topological polar surface area (TPSA) is 12.4 Å². The van der Waals surface area contributed by atoms with Crippen LogP contribution >= 0.6 is 0 Å². The normalized spacial score (nSPS) is 15.4. The fraction of sp³-hybridized carbons (Fsp3) is 0.643. The van der Waals surface area contributed by atoms with Crippen molar-refractivity contribution in [3.63, 3.8) is 0 Å². The van der Waals surface area contributed by atoms with E-state index < -0.39 is 0 Å². The highest BCUT2D eigenvalue weighted by Gasteiger charge is 2.28. The Balaban J connectivity index is 5.48. The van der Waals surface area contributed by atoms with Gasteiger partial charge < -0.3 is 0 Å². The Labute approximate surface area is 95.0 Å². The number of hydrogen-bond acceptors (Lipinski definition) is 1. The smallest absolute Gasteiger partial charge is 0.0490 e. The van der Waals surface area contributed by atoms with Gasteiger partial charge in [0.05, 0.1) is 0 Å². The van der Waals surface area contributed by atoms with Crippen molar-refractivity contribution in [1.29, 1.82) is 0 Å². The van der Waals surface area contributed by atoms with E-state index in [4.69, 9.17) is 0 Å². The average Bonchev–Trinajstić information content (AvgIpc) is 2.00. The molecule has 0 atom stereocenters. The molecule has 0 aromatic rings. The van der Waals surface area contributed by atoms with Crippen molar-refractivity contribution in [2.24, 2.45) is 15.8 Å². The SMILES string of the molecule is C=CN=C(/C(=C\C)C(C)(C)C)C(C)(C)C. The number of nitrogens with zero attached hydrogens (tertiary/aromatic N) is 1. The lowest BCUT2D eigenvalue weighted by Crippen LogP contribution is -2.28. The first-order valence-electron chi connectivity index (χ1n) is 5.51. The summed E-state index contributed by atoms with van der Waals surface area (Å²) in [6.07, 6.45) is 3.80. The summed E-state index contributed by atoms with van der Waals surface area (Å²) >= 11 is 0. The van der Waals surface area contributed by atoms with Crippen molar-refractivity contribution in [3.05, 3.63) is 24.4 Å². The lowest BCUT2D eigenvalue weighted by atomic mass is 9.75. The molecule has 0 aromatic heterocycles. The maximum absolute atomic E-state index is 4.45. The predicted octanol–water partition coefficient (Wildman–Crippen LogP) is 4.61. The zero-order valence-electron chi connectivity index (χ0n) is 11.3. The standard InChI is InChI=1S/C14H25N/c1-9-11(13(3,4)5)12(15-10-2)14(6,7)8/h9-10H,2H2,1,3-8H3/b11-9+,15-12?. The van der Waals surface area contributed by atoms with E-state index in [0.717, 1.165) is 5.71 Å². The lowest BCUT2D eigenvalue weighted by molar-refractivity contribution is 0.500. The second kappa shape index (κ2) is 4.78. The van der Waals surface area contributed by atoms with Gasteiger partial charge in [0.1, 0.15) is 0 Å². The summed E-state index contributed by atoms with van der Waals surface area (Å²) in [5.74, 6) is 0. The summed E-state index contributed by atoms with van der Waals surface area (Å²) in [5.41, 5.74) is 2.62. The van der Waals surface area contributed by atoms with E-state index in [-0.39, 0.29) is 10.8 Å². The molecule has 86 valence electrons. The number of hydrogen-bond donors (Lipinski definition) is 0. The van der Waals surface area contributed by atoms with Crippen LogP contribution in [0.15, 0.2) is 29.4 Å². The molecule has 0 saturated heterocycles. The maximum atomic E-state index is 4.45. The van der Waals surface area contributed by atoms with Gasteiger partial charge in [0, 0.05) is 17.3 Å². The number of rotatable bonds is 2. The Morgan fingerprint density at radius 3 is 1.67 bits per heavy atom. The zero-order valence-corrected chi connectivity index (χ0v) is 11.3. The van der Waals surface area contributed by atoms with E-state index in [2.05, 4.69) is 66.1 Å². The van der Waals surface area contributed by atoms with E-state index in [1.807, 2.05) is 0 Å². The first kappa shape index (κ1) is 14.2. The molecule has 0 rings (SSSR count). The van der Waals surface area contributed by atoms with Crippen LogP contribution in [-0.2, 0) is 0 Å². The van der Waals surface area contributed by atoms with E-state index in [1.165, 1.54) is 5.57 Å². The van der Waals surface area contributed by atoms with Gasteiger partial charge in [0.25, 0.3) is 0 Å². The first-order chi connectivity index (χ1) is 6.64. The molecule has 0 fully saturated rings. The van der Waals surface area contributed by atoms with Crippen LogP contribution in [0.1, 0.15) is 48.5 Å². The van der Waals surface area contributed by atoms with Crippen molar-refractivity contribution in [1.82, 2.24) is 0 Å². The Morgan fingerprint density at radius 2 is 1.47 bits per heavy atom. The van der Waals surface area contributed by atoms with Gasteiger partial charge in [-0.15, -0.1) is 0 Å². The van der Waals surface area contributed by atoms with Crippen LogP contribution in [0.25, 0.3) is 0 Å². The molecule has 0 spiro atoms. The van der Waals surface area contributed by atoms with E-state index in [0.29, 0.717) is 0 Å². The molecule has 0 aliphatic carbocycles. The van der Waals surface area contributed by atoms with Crippen molar-refractivity contribution in [2.75, 3.05) is 0 Å². The molecular weight excluding hydrogens is 182 g/mol. The number of allylic oxidation sites excluding steroid dienone is 2. The van der Waals surface area contributed by atoms with Crippen LogP contribution in [0.2, 0.25) is 0 Å². The molecule has 0 aliphatic rings. The molecule has 0 aromatic carbocycles. The van der Waals surface area contributed by atoms with Crippen LogP contribution in [0.3, 0.4) is 0 Å². The lowest BCUT2D eigenvalue weighted by Gasteiger charge is -2.31. The summed E-state index contributed by atoms with van der Waals surface area (Å²) in [4.78, 5) is 4.45. The van der Waals surface area contributed by atoms with Gasteiger partial charge in [-0.1, -0.05) is 54.2 Å². The van der Waals surface area contributed by atoms with Crippen molar-refractivity contribution >= 4 is 5.71 Å². The summed E-state index contributed by atoms with van der Waals surface area (Å²) in [6, 6.07) is 0. The van der Waals surface area contributed by atoms with Gasteiger partial charge in [-0.2, -0.15) is 0 Å². The van der Waals surface area contributed by atoms with Gasteiger partial charge in [-0.05, 0) is 17.9 Å². The van der Waals surface area contributed by atoms with E-state index >= 15 is 0 Å². The van der Waals surface area contributed by atoms with Crippen molar-refractivity contribution in [3.8, 4) is 0 Å². The Kier molecular flexibility index (Phi) is 4.51. The highest BCUT2D eigenvalue weighted by Crippen LogP contribution is 2.33. The molecule has 0 amide bonds. The van der Waals surface area contributed by atoms with Crippen molar-refractivity contribution < 1.29 is 0 Å². The second-order valence-corrected chi connectivity index (χ2v) is 5.86. The molecule has 0 bridgehead atoms. The van der Waals surface area contributed by atoms with Gasteiger partial charge >= 0.3 is 0 Å². The maximum Gasteiger partial charge on any atom is 0.0490 e. The third-order valence-electron chi connectivity index (χ3n) is 2.28. The van der Waals surface area contributed by atoms with Gasteiger partial charge in [-0.25, -0.2) is 0 Å². The summed E-state index contributed by atoms with van der Waals surface area (Å²) in [5, 5.41) is 0. The summed E-state index contributed by atoms with van der Waals surface area (Å²) in [7, 11) is 0. The highest BCUT2D eigenvalue weighted by molar-refractivity contribution is 6.04. The third-order valence-corrected chi connectivity index (χ3v) is 2.28. The minimum absolute atomic E-state index is 0.0588. The minimum Gasteiger partial charge on any atom is -0.261 e. The van der Waals surface area contributed by atoms with E-state index in [9.17, 15) is 0 Å². The first-order valence-corrected chi connectivity index (χ1v) is 5.51. The summed E-state index contributed by atoms with van der Waals surface area (Å²) < 4.78 is 0. The second-order valence-electron chi connectivity index (χ2n) is 5.86. The molecule has 0 radical (unpaired) electrons. The Morgan fingerprint density at radius 1 is 1.00 bits per heavy atom. The van der Waals surface area contributed by atoms with Crippen LogP contribution < -0.4 is 0 Å². The van der Waals surface area contributed by atoms with Crippen LogP contribution in [0.4, 0.5) is 0 Å². The predicted molar refractivity (Wildman–Crippen MR) is 70.3 cm³/mol. The molecule has 0 unspecified atom stereocenters. The molecule has 0 heterocycles. The van der Waals surface area contributed by atoms with Crippen molar-refractivity contribution in [2.45, 2.75) is 48.5 Å². The van der Waals surface area contributed by atoms with Gasteiger partial charge in [0.2, 0.25) is 0 Å².